The third-order valence-electron chi connectivity index (χ3n) is 7.35. The van der Waals surface area contributed by atoms with Crippen LogP contribution in [0.3, 0.4) is 0 Å². The molecule has 170 valence electrons. The average molecular weight is 461 g/mol. The number of hydrogen-bond donors (Lipinski definition) is 0. The third kappa shape index (κ3) is 2.28. The lowest BCUT2D eigenvalue weighted by Gasteiger charge is -2.30. The van der Waals surface area contributed by atoms with Gasteiger partial charge in [-0.2, -0.15) is 0 Å². The van der Waals surface area contributed by atoms with Crippen molar-refractivity contribution in [3.05, 3.63) is 70.8 Å². The zero-order chi connectivity index (χ0) is 24.3. The molecule has 35 heavy (non-hydrogen) atoms. The molecule has 4 amide bonds. The van der Waals surface area contributed by atoms with Gasteiger partial charge >= 0.3 is 0 Å². The number of nitrogens with zero attached hydrogens (tertiary/aromatic N) is 3. The zero-order valence-electron chi connectivity index (χ0n) is 19.3. The van der Waals surface area contributed by atoms with Gasteiger partial charge in [0.15, 0.2) is 0 Å². The van der Waals surface area contributed by atoms with Gasteiger partial charge in [-0.3, -0.25) is 33.9 Å². The number of benzene rings is 5. The van der Waals surface area contributed by atoms with Gasteiger partial charge in [0, 0.05) is 40.1 Å². The second-order valence-electron chi connectivity index (χ2n) is 9.57. The summed E-state index contributed by atoms with van der Waals surface area (Å²) in [7, 11) is 5.13. The molecule has 7 nitrogen and oxygen atoms in total. The Morgan fingerprint density at radius 1 is 0.543 bits per heavy atom. The fraction of sp³-hybridized carbons (Fsp3) is 0.143. The highest BCUT2D eigenvalue weighted by atomic mass is 16.2. The Balaban J connectivity index is 1.65. The van der Waals surface area contributed by atoms with Crippen LogP contribution in [0.2, 0.25) is 0 Å². The quantitative estimate of drug-likeness (QED) is 0.225. The Kier molecular flexibility index (Phi) is 3.67. The molecular formula is C28H19N3O4. The van der Waals surface area contributed by atoms with Crippen LogP contribution >= 0.6 is 0 Å². The van der Waals surface area contributed by atoms with Crippen LogP contribution < -0.4 is 0 Å². The van der Waals surface area contributed by atoms with E-state index in [-0.39, 0.29) is 30.3 Å². The number of amides is 4. The van der Waals surface area contributed by atoms with E-state index in [1.807, 2.05) is 38.4 Å². The molecular weight excluding hydrogens is 442 g/mol. The van der Waals surface area contributed by atoms with Crippen molar-refractivity contribution in [2.24, 2.45) is 0 Å². The van der Waals surface area contributed by atoms with Crippen molar-refractivity contribution in [1.82, 2.24) is 14.7 Å². The fourth-order valence-electron chi connectivity index (χ4n) is 5.85. The van der Waals surface area contributed by atoms with Gasteiger partial charge in [-0.25, -0.2) is 0 Å². The summed E-state index contributed by atoms with van der Waals surface area (Å²) in [6.07, 6.45) is 0. The van der Waals surface area contributed by atoms with E-state index in [1.54, 1.807) is 29.2 Å². The summed E-state index contributed by atoms with van der Waals surface area (Å²) in [6.45, 7) is 0.201. The molecule has 0 spiro atoms. The maximum Gasteiger partial charge on any atom is 0.262 e. The van der Waals surface area contributed by atoms with Crippen molar-refractivity contribution < 1.29 is 19.2 Å². The molecule has 0 saturated heterocycles. The minimum Gasteiger partial charge on any atom is -0.292 e. The van der Waals surface area contributed by atoms with Gasteiger partial charge in [-0.05, 0) is 70.7 Å². The SMILES string of the molecule is CN(C)CN1C(=O)c2ccc3c4ccc5c6c(ccc(c7ccc(c2c37)C1=O)c64)C(=O)N(C)C5=O. The number of carbonyl (C=O) groups excluding carboxylic acids is 4. The van der Waals surface area contributed by atoms with Gasteiger partial charge in [0.1, 0.15) is 0 Å². The van der Waals surface area contributed by atoms with Gasteiger partial charge < -0.3 is 0 Å². The molecule has 0 unspecified atom stereocenters. The first-order valence-electron chi connectivity index (χ1n) is 11.3. The summed E-state index contributed by atoms with van der Waals surface area (Å²) in [5, 5.41) is 6.58. The van der Waals surface area contributed by atoms with Crippen molar-refractivity contribution in [3.63, 3.8) is 0 Å². The molecule has 0 N–H and O–H groups in total. The first-order valence-corrected chi connectivity index (χ1v) is 11.3. The normalized spacial score (nSPS) is 15.8. The third-order valence-corrected chi connectivity index (χ3v) is 7.35. The molecule has 0 bridgehead atoms. The summed E-state index contributed by atoms with van der Waals surface area (Å²) >= 11 is 0. The molecule has 0 aliphatic carbocycles. The van der Waals surface area contributed by atoms with Gasteiger partial charge in [0.25, 0.3) is 23.6 Å². The Labute approximate surface area is 199 Å². The first kappa shape index (κ1) is 20.1. The zero-order valence-corrected chi connectivity index (χ0v) is 19.3. The van der Waals surface area contributed by atoms with Crippen LogP contribution in [0.25, 0.3) is 43.1 Å². The number of rotatable bonds is 2. The van der Waals surface area contributed by atoms with Gasteiger partial charge in [0.2, 0.25) is 0 Å². The van der Waals surface area contributed by atoms with E-state index in [2.05, 4.69) is 0 Å². The van der Waals surface area contributed by atoms with Gasteiger partial charge in [-0.15, -0.1) is 0 Å². The predicted octanol–water partition coefficient (Wildman–Crippen LogP) is 4.08. The number of imide groups is 2. The molecule has 5 aromatic carbocycles. The van der Waals surface area contributed by atoms with Crippen LogP contribution in [0.4, 0.5) is 0 Å². The maximum atomic E-state index is 13.4. The summed E-state index contributed by atoms with van der Waals surface area (Å²) in [6, 6.07) is 14.8. The van der Waals surface area contributed by atoms with E-state index in [4.69, 9.17) is 0 Å². The first-order chi connectivity index (χ1) is 16.8. The highest BCUT2D eigenvalue weighted by molar-refractivity contribution is 6.41. The molecule has 7 rings (SSSR count). The lowest BCUT2D eigenvalue weighted by atomic mass is 9.82. The highest BCUT2D eigenvalue weighted by Gasteiger charge is 2.36. The van der Waals surface area contributed by atoms with Gasteiger partial charge in [-0.1, -0.05) is 24.3 Å². The molecule has 0 saturated carbocycles. The van der Waals surface area contributed by atoms with Crippen molar-refractivity contribution in [3.8, 4) is 0 Å². The minimum absolute atomic E-state index is 0.201. The molecule has 2 heterocycles. The Morgan fingerprint density at radius 2 is 0.886 bits per heavy atom. The van der Waals surface area contributed by atoms with E-state index in [1.165, 1.54) is 11.9 Å². The van der Waals surface area contributed by atoms with Crippen molar-refractivity contribution in [2.75, 3.05) is 27.8 Å². The second kappa shape index (κ2) is 6.40. The van der Waals surface area contributed by atoms with Crippen LogP contribution in [0.15, 0.2) is 48.5 Å². The van der Waals surface area contributed by atoms with Crippen molar-refractivity contribution in [1.29, 1.82) is 0 Å². The lowest BCUT2D eigenvalue weighted by Crippen LogP contribution is -2.45. The molecule has 0 fully saturated rings. The fourth-order valence-corrected chi connectivity index (χ4v) is 5.85. The molecule has 7 heteroatoms. The number of hydrogen-bond acceptors (Lipinski definition) is 5. The topological polar surface area (TPSA) is 78.0 Å². The van der Waals surface area contributed by atoms with Gasteiger partial charge in [0.05, 0.1) is 6.67 Å². The molecule has 0 aromatic heterocycles. The Bertz CT molecular complexity index is 1730. The number of carbonyl (C=O) groups is 4. The second-order valence-corrected chi connectivity index (χ2v) is 9.57. The smallest absolute Gasteiger partial charge is 0.262 e. The molecule has 2 aliphatic heterocycles. The van der Waals surface area contributed by atoms with Crippen LogP contribution in [0.1, 0.15) is 41.4 Å². The van der Waals surface area contributed by atoms with Crippen LogP contribution in [0.5, 0.6) is 0 Å². The standard InChI is InChI=1S/C28H19N3O4/c1-29(2)12-31-27(34)19-10-6-15-13-4-8-17-23-18(26(33)30(3)25(17)32)9-5-14(21(13)23)16-7-11-20(28(31)35)24(19)22(15)16/h4-11H,12H2,1-3H3. The number of fused-ring (bicyclic) bond motifs is 2. The minimum atomic E-state index is -0.320. The van der Waals surface area contributed by atoms with Crippen molar-refractivity contribution >= 4 is 66.7 Å². The largest absolute Gasteiger partial charge is 0.292 e. The Hall–Kier alpha value is -4.36. The Morgan fingerprint density at radius 3 is 1.23 bits per heavy atom. The van der Waals surface area contributed by atoms with E-state index in [0.29, 0.717) is 33.0 Å². The van der Waals surface area contributed by atoms with E-state index in [9.17, 15) is 19.2 Å². The van der Waals surface area contributed by atoms with Crippen LogP contribution in [0, 0.1) is 0 Å². The summed E-state index contributed by atoms with van der Waals surface area (Å²) in [5.41, 5.74) is 2.01. The van der Waals surface area contributed by atoms with Crippen molar-refractivity contribution in [2.45, 2.75) is 0 Å². The van der Waals surface area contributed by atoms with Crippen LogP contribution in [-0.4, -0.2) is 66.1 Å². The summed E-state index contributed by atoms with van der Waals surface area (Å²) in [5.74, 6) is -1.26. The molecule has 0 radical (unpaired) electrons. The van der Waals surface area contributed by atoms with E-state index in [0.717, 1.165) is 37.2 Å². The van der Waals surface area contributed by atoms with E-state index >= 15 is 0 Å². The lowest BCUT2D eigenvalue weighted by molar-refractivity contribution is 0.0537. The molecule has 2 aliphatic rings. The monoisotopic (exact) mass is 461 g/mol. The summed E-state index contributed by atoms with van der Waals surface area (Å²) in [4.78, 5) is 56.8. The predicted molar refractivity (Wildman–Crippen MR) is 133 cm³/mol. The van der Waals surface area contributed by atoms with Crippen LogP contribution in [-0.2, 0) is 0 Å². The summed E-state index contributed by atoms with van der Waals surface area (Å²) < 4.78 is 0. The molecule has 0 atom stereocenters. The average Bonchev–Trinajstić information content (AvgIpc) is 2.85. The molecule has 5 aromatic rings. The van der Waals surface area contributed by atoms with E-state index < -0.39 is 0 Å². The highest BCUT2D eigenvalue weighted by Crippen LogP contribution is 2.46. The maximum absolute atomic E-state index is 13.4.